The van der Waals surface area contributed by atoms with Gasteiger partial charge in [-0.25, -0.2) is 0 Å². The number of rotatable bonds is 6. The van der Waals surface area contributed by atoms with Gasteiger partial charge in [0.1, 0.15) is 0 Å². The summed E-state index contributed by atoms with van der Waals surface area (Å²) in [4.78, 5) is 2.52. The van der Waals surface area contributed by atoms with E-state index >= 15 is 0 Å². The molecule has 0 aliphatic heterocycles. The Bertz CT molecular complexity index is 3390. The van der Waals surface area contributed by atoms with Gasteiger partial charge < -0.3 is 9.47 Å². The average Bonchev–Trinajstić information content (AvgIpc) is 3.81. The first kappa shape index (κ1) is 32.6. The van der Waals surface area contributed by atoms with Gasteiger partial charge in [0, 0.05) is 38.7 Å². The van der Waals surface area contributed by atoms with Gasteiger partial charge in [-0.1, -0.05) is 176 Å². The maximum absolute atomic E-state index is 2.52. The van der Waals surface area contributed by atoms with Gasteiger partial charge in [0.15, 0.2) is 0 Å². The minimum atomic E-state index is 1.10. The molecule has 12 rings (SSSR count). The number of para-hydroxylation sites is 3. The number of nitrogens with zero attached hydrogens (tertiary/aromatic N) is 2. The summed E-state index contributed by atoms with van der Waals surface area (Å²) < 4.78 is 2.47. The Morgan fingerprint density at radius 1 is 0.328 bits per heavy atom. The van der Waals surface area contributed by atoms with Crippen LogP contribution in [0.2, 0.25) is 0 Å². The highest BCUT2D eigenvalue weighted by Crippen LogP contribution is 2.56. The van der Waals surface area contributed by atoms with E-state index in [2.05, 4.69) is 228 Å². The van der Waals surface area contributed by atoms with Gasteiger partial charge >= 0.3 is 0 Å². The summed E-state index contributed by atoms with van der Waals surface area (Å²) in [6.07, 6.45) is 0. The largest absolute Gasteiger partial charge is 0.309 e. The molecule has 0 bridgehead atoms. The highest BCUT2D eigenvalue weighted by Gasteiger charge is 2.30. The van der Waals surface area contributed by atoms with E-state index in [0.717, 1.165) is 28.3 Å². The maximum atomic E-state index is 2.52. The van der Waals surface area contributed by atoms with Gasteiger partial charge in [-0.15, -0.1) is 0 Å². The quantitative estimate of drug-likeness (QED) is 0.154. The first-order valence-electron chi connectivity index (χ1n) is 20.0. The van der Waals surface area contributed by atoms with E-state index in [0.29, 0.717) is 0 Å². The second kappa shape index (κ2) is 12.9. The van der Waals surface area contributed by atoms with Crippen molar-refractivity contribution in [2.24, 2.45) is 0 Å². The number of aromatic nitrogens is 1. The van der Waals surface area contributed by atoms with Crippen LogP contribution in [0.5, 0.6) is 0 Å². The highest BCUT2D eigenvalue weighted by molar-refractivity contribution is 6.26. The summed E-state index contributed by atoms with van der Waals surface area (Å²) in [7, 11) is 0. The molecule has 0 N–H and O–H groups in total. The van der Waals surface area contributed by atoms with Crippen LogP contribution in [0.25, 0.3) is 93.5 Å². The zero-order valence-corrected chi connectivity index (χ0v) is 31.7. The first-order chi connectivity index (χ1) is 28.8. The molecule has 1 aromatic heterocycles. The van der Waals surface area contributed by atoms with Crippen molar-refractivity contribution in [3.05, 3.63) is 218 Å². The number of hydrogen-bond acceptors (Lipinski definition) is 1. The molecule has 0 spiro atoms. The molecule has 0 amide bonds. The van der Waals surface area contributed by atoms with E-state index in [1.54, 1.807) is 0 Å². The number of benzene rings is 10. The summed E-state index contributed by atoms with van der Waals surface area (Å²) in [5.74, 6) is 0. The third kappa shape index (κ3) is 4.85. The van der Waals surface area contributed by atoms with Crippen molar-refractivity contribution in [2.75, 3.05) is 4.90 Å². The molecule has 10 aromatic carbocycles. The van der Waals surface area contributed by atoms with Gasteiger partial charge in [0.05, 0.1) is 28.1 Å². The van der Waals surface area contributed by atoms with Crippen molar-refractivity contribution in [2.45, 2.75) is 0 Å². The van der Waals surface area contributed by atoms with Crippen molar-refractivity contribution in [3.8, 4) is 50.2 Å². The molecule has 2 nitrogen and oxygen atoms in total. The van der Waals surface area contributed by atoms with Crippen LogP contribution in [0.4, 0.5) is 17.1 Å². The smallest absolute Gasteiger partial charge is 0.0562 e. The molecule has 0 fully saturated rings. The zero-order valence-electron chi connectivity index (χ0n) is 31.7. The molecular weight excluding hydrogens is 701 g/mol. The molecule has 0 saturated carbocycles. The predicted octanol–water partition coefficient (Wildman–Crippen LogP) is 15.5. The minimum Gasteiger partial charge on any atom is -0.309 e. The summed E-state index contributed by atoms with van der Waals surface area (Å²) in [5, 5.41) is 7.58. The first-order valence-corrected chi connectivity index (χ1v) is 20.0. The van der Waals surface area contributed by atoms with Crippen LogP contribution >= 0.6 is 0 Å². The maximum Gasteiger partial charge on any atom is 0.0562 e. The third-order valence-corrected chi connectivity index (χ3v) is 12.1. The third-order valence-electron chi connectivity index (χ3n) is 12.1. The standard InChI is InChI=1S/C56H36N2/c1-3-17-37(18-4-1)42-23-9-12-29-49(42)57(52-32-16-28-48-47-27-15-22-40-35-39-21-7-8-25-44(39)56(54(40)47)55(48)52)41-33-34-46-45-26-11-14-31-51(45)58(53(46)36-41)50-30-13-10-24-43(50)38-19-5-2-6-20-38/h1-36H. The van der Waals surface area contributed by atoms with Crippen molar-refractivity contribution in [1.82, 2.24) is 4.57 Å². The Morgan fingerprint density at radius 2 is 0.914 bits per heavy atom. The van der Waals surface area contributed by atoms with Crippen LogP contribution in [0, 0.1) is 0 Å². The molecule has 0 radical (unpaired) electrons. The summed E-state index contributed by atoms with van der Waals surface area (Å²) in [5.41, 5.74) is 16.8. The van der Waals surface area contributed by atoms with E-state index in [1.165, 1.54) is 82.3 Å². The molecule has 2 heteroatoms. The number of fused-ring (bicyclic) bond motifs is 8. The fraction of sp³-hybridized carbons (Fsp3) is 0. The lowest BCUT2D eigenvalue weighted by Gasteiger charge is -2.30. The Kier molecular flexibility index (Phi) is 7.26. The Hall–Kier alpha value is -7.68. The van der Waals surface area contributed by atoms with E-state index in [-0.39, 0.29) is 0 Å². The van der Waals surface area contributed by atoms with Gasteiger partial charge in [-0.3, -0.25) is 0 Å². The molecule has 1 aliphatic carbocycles. The van der Waals surface area contributed by atoms with Gasteiger partial charge in [-0.05, 0) is 86.3 Å². The number of anilines is 3. The topological polar surface area (TPSA) is 8.17 Å². The molecular formula is C56H36N2. The van der Waals surface area contributed by atoms with Crippen molar-refractivity contribution < 1.29 is 0 Å². The fourth-order valence-corrected chi connectivity index (χ4v) is 9.65. The van der Waals surface area contributed by atoms with Crippen molar-refractivity contribution >= 4 is 60.4 Å². The molecule has 1 aliphatic rings. The van der Waals surface area contributed by atoms with E-state index in [9.17, 15) is 0 Å². The Labute approximate surface area is 337 Å². The minimum absolute atomic E-state index is 1.10. The van der Waals surface area contributed by atoms with Crippen molar-refractivity contribution in [3.63, 3.8) is 0 Å². The highest BCUT2D eigenvalue weighted by atomic mass is 15.2. The monoisotopic (exact) mass is 736 g/mol. The Balaban J connectivity index is 1.19. The summed E-state index contributed by atoms with van der Waals surface area (Å²) in [6, 6.07) is 80.0. The lowest BCUT2D eigenvalue weighted by atomic mass is 9.94. The van der Waals surface area contributed by atoms with Crippen LogP contribution in [0.1, 0.15) is 0 Å². The number of hydrogen-bond donors (Lipinski definition) is 0. The average molecular weight is 737 g/mol. The van der Waals surface area contributed by atoms with E-state index in [4.69, 9.17) is 0 Å². The van der Waals surface area contributed by atoms with Crippen LogP contribution in [-0.4, -0.2) is 4.57 Å². The van der Waals surface area contributed by atoms with Crippen LogP contribution in [0.3, 0.4) is 0 Å². The lowest BCUT2D eigenvalue weighted by Crippen LogP contribution is -2.12. The van der Waals surface area contributed by atoms with Gasteiger partial charge in [-0.2, -0.15) is 0 Å². The van der Waals surface area contributed by atoms with Gasteiger partial charge in [0.2, 0.25) is 0 Å². The van der Waals surface area contributed by atoms with E-state index in [1.807, 2.05) is 0 Å². The molecule has 58 heavy (non-hydrogen) atoms. The van der Waals surface area contributed by atoms with Crippen molar-refractivity contribution in [1.29, 1.82) is 0 Å². The fourth-order valence-electron chi connectivity index (χ4n) is 9.65. The Morgan fingerprint density at radius 3 is 1.76 bits per heavy atom. The molecule has 0 atom stereocenters. The van der Waals surface area contributed by atoms with Crippen LogP contribution in [-0.2, 0) is 0 Å². The second-order valence-corrected chi connectivity index (χ2v) is 15.2. The predicted molar refractivity (Wildman–Crippen MR) is 246 cm³/mol. The summed E-state index contributed by atoms with van der Waals surface area (Å²) >= 11 is 0. The molecule has 270 valence electrons. The van der Waals surface area contributed by atoms with Gasteiger partial charge in [0.25, 0.3) is 0 Å². The molecule has 0 unspecified atom stereocenters. The lowest BCUT2D eigenvalue weighted by molar-refractivity contribution is 1.18. The molecule has 1 heterocycles. The van der Waals surface area contributed by atoms with E-state index < -0.39 is 0 Å². The zero-order chi connectivity index (χ0) is 38.2. The SMILES string of the molecule is c1ccc(-c2ccccc2N(c2ccc3c4ccccc4n(-c4ccccc4-c4ccccc4)c3c2)c2cccc3c2-c2c4ccccc4cc4cccc-3c24)cc1. The van der Waals surface area contributed by atoms with Crippen LogP contribution < -0.4 is 4.90 Å². The second-order valence-electron chi connectivity index (χ2n) is 15.2. The normalized spacial score (nSPS) is 11.8. The molecule has 0 saturated heterocycles. The molecule has 11 aromatic rings. The van der Waals surface area contributed by atoms with Crippen LogP contribution in [0.15, 0.2) is 218 Å². The summed E-state index contributed by atoms with van der Waals surface area (Å²) in [6.45, 7) is 0.